The summed E-state index contributed by atoms with van der Waals surface area (Å²) < 4.78 is 0. The quantitative estimate of drug-likeness (QED) is 0.836. The van der Waals surface area contributed by atoms with Gasteiger partial charge in [0, 0.05) is 30.4 Å². The Morgan fingerprint density at radius 2 is 2.07 bits per heavy atom. The number of nitrogens with zero attached hydrogens (tertiary/aromatic N) is 1. The van der Waals surface area contributed by atoms with Crippen LogP contribution in [0, 0.1) is 5.92 Å². The van der Waals surface area contributed by atoms with Crippen LogP contribution in [0.4, 0.5) is 5.69 Å². The maximum absolute atomic E-state index is 9.15. The van der Waals surface area contributed by atoms with Crippen LogP contribution in [0.25, 0.3) is 0 Å². The van der Waals surface area contributed by atoms with Gasteiger partial charge in [0.1, 0.15) is 0 Å². The average molecular weight is 226 g/mol. The van der Waals surface area contributed by atoms with E-state index in [0.29, 0.717) is 12.5 Å². The van der Waals surface area contributed by atoms with Gasteiger partial charge in [0.25, 0.3) is 0 Å². The van der Waals surface area contributed by atoms with Crippen LogP contribution in [-0.2, 0) is 0 Å². The Hall–Kier alpha value is -0.730. The first-order valence-corrected chi connectivity index (χ1v) is 5.79. The van der Waals surface area contributed by atoms with Gasteiger partial charge >= 0.3 is 0 Å². The number of hydrogen-bond acceptors (Lipinski definition) is 2. The van der Waals surface area contributed by atoms with E-state index in [4.69, 9.17) is 16.7 Å². The van der Waals surface area contributed by atoms with Crippen LogP contribution in [0.3, 0.4) is 0 Å². The van der Waals surface area contributed by atoms with Crippen molar-refractivity contribution < 1.29 is 5.11 Å². The summed E-state index contributed by atoms with van der Waals surface area (Å²) in [5, 5.41) is 9.92. The minimum absolute atomic E-state index is 0.296. The van der Waals surface area contributed by atoms with Crippen molar-refractivity contribution in [2.75, 3.05) is 24.6 Å². The van der Waals surface area contributed by atoms with Gasteiger partial charge < -0.3 is 10.0 Å². The summed E-state index contributed by atoms with van der Waals surface area (Å²) in [5.41, 5.74) is 1.21. The van der Waals surface area contributed by atoms with Crippen molar-refractivity contribution in [1.82, 2.24) is 0 Å². The van der Waals surface area contributed by atoms with Gasteiger partial charge in [-0.05, 0) is 43.0 Å². The zero-order chi connectivity index (χ0) is 10.7. The summed E-state index contributed by atoms with van der Waals surface area (Å²) in [6.07, 6.45) is 2.30. The lowest BCUT2D eigenvalue weighted by atomic mass is 9.98. The second-order valence-electron chi connectivity index (χ2n) is 4.11. The molecule has 0 bridgehead atoms. The summed E-state index contributed by atoms with van der Waals surface area (Å²) in [6, 6.07) is 7.92. The van der Waals surface area contributed by atoms with E-state index in [1.54, 1.807) is 0 Å². The van der Waals surface area contributed by atoms with Crippen LogP contribution in [0.15, 0.2) is 24.3 Å². The largest absolute Gasteiger partial charge is 0.396 e. The van der Waals surface area contributed by atoms with E-state index in [9.17, 15) is 0 Å². The van der Waals surface area contributed by atoms with Crippen LogP contribution in [0.5, 0.6) is 0 Å². The Bertz CT molecular complexity index is 312. The van der Waals surface area contributed by atoms with Gasteiger partial charge in [0.2, 0.25) is 0 Å². The van der Waals surface area contributed by atoms with Crippen LogP contribution in [0.2, 0.25) is 5.02 Å². The molecule has 3 heteroatoms. The Balaban J connectivity index is 2.06. The van der Waals surface area contributed by atoms with E-state index in [-0.39, 0.29) is 0 Å². The maximum Gasteiger partial charge on any atom is 0.0476 e. The van der Waals surface area contributed by atoms with Crippen molar-refractivity contribution >= 4 is 17.3 Å². The fourth-order valence-corrected chi connectivity index (χ4v) is 2.23. The molecule has 1 aromatic carbocycles. The number of rotatable bonds is 2. The van der Waals surface area contributed by atoms with Gasteiger partial charge in [0.15, 0.2) is 0 Å². The molecule has 2 nitrogen and oxygen atoms in total. The molecule has 0 aliphatic carbocycles. The summed E-state index contributed by atoms with van der Waals surface area (Å²) in [4.78, 5) is 2.32. The van der Waals surface area contributed by atoms with E-state index in [1.165, 1.54) is 5.69 Å². The molecular weight excluding hydrogens is 210 g/mol. The molecule has 1 aromatic rings. The summed E-state index contributed by atoms with van der Waals surface area (Å²) in [7, 11) is 0. The molecule has 0 radical (unpaired) electrons. The third-order valence-corrected chi connectivity index (χ3v) is 3.22. The average Bonchev–Trinajstić information content (AvgIpc) is 2.30. The van der Waals surface area contributed by atoms with Crippen molar-refractivity contribution in [3.63, 3.8) is 0 Å². The van der Waals surface area contributed by atoms with Crippen molar-refractivity contribution in [3.8, 4) is 0 Å². The lowest BCUT2D eigenvalue weighted by molar-refractivity contribution is 0.209. The van der Waals surface area contributed by atoms with Gasteiger partial charge in [-0.15, -0.1) is 0 Å². The molecule has 2 rings (SSSR count). The first-order valence-electron chi connectivity index (χ1n) is 5.41. The second kappa shape index (κ2) is 4.86. The molecule has 0 aromatic heterocycles. The van der Waals surface area contributed by atoms with Crippen molar-refractivity contribution in [3.05, 3.63) is 29.3 Å². The summed E-state index contributed by atoms with van der Waals surface area (Å²) >= 11 is 5.85. The molecular formula is C12H16ClNO. The number of hydrogen-bond donors (Lipinski definition) is 1. The van der Waals surface area contributed by atoms with Gasteiger partial charge in [-0.3, -0.25) is 0 Å². The molecule has 0 saturated carbocycles. The number of aliphatic hydroxyl groups is 1. The Morgan fingerprint density at radius 3 is 2.73 bits per heavy atom. The molecule has 15 heavy (non-hydrogen) atoms. The zero-order valence-electron chi connectivity index (χ0n) is 8.69. The number of piperidine rings is 1. The fourth-order valence-electron chi connectivity index (χ4n) is 2.10. The minimum Gasteiger partial charge on any atom is -0.396 e. The molecule has 1 atom stereocenters. The molecule has 82 valence electrons. The van der Waals surface area contributed by atoms with Crippen molar-refractivity contribution in [2.45, 2.75) is 12.8 Å². The van der Waals surface area contributed by atoms with Crippen molar-refractivity contribution in [1.29, 1.82) is 0 Å². The molecule has 1 saturated heterocycles. The highest BCUT2D eigenvalue weighted by atomic mass is 35.5. The van der Waals surface area contributed by atoms with Gasteiger partial charge in [-0.1, -0.05) is 11.6 Å². The molecule has 0 spiro atoms. The molecule has 1 aliphatic heterocycles. The highest BCUT2D eigenvalue weighted by molar-refractivity contribution is 6.30. The third-order valence-electron chi connectivity index (χ3n) is 2.97. The molecule has 1 aliphatic rings. The van der Waals surface area contributed by atoms with E-state index in [0.717, 1.165) is 31.0 Å². The topological polar surface area (TPSA) is 23.5 Å². The van der Waals surface area contributed by atoms with E-state index < -0.39 is 0 Å². The highest BCUT2D eigenvalue weighted by Crippen LogP contribution is 2.24. The summed E-state index contributed by atoms with van der Waals surface area (Å²) in [5.74, 6) is 0.425. The van der Waals surface area contributed by atoms with Crippen molar-refractivity contribution in [2.24, 2.45) is 5.92 Å². The second-order valence-corrected chi connectivity index (χ2v) is 4.55. The number of benzene rings is 1. The van der Waals surface area contributed by atoms with Gasteiger partial charge in [0.05, 0.1) is 0 Å². The predicted octanol–water partition coefficient (Wildman–Crippen LogP) is 2.55. The van der Waals surface area contributed by atoms with E-state index in [2.05, 4.69) is 4.90 Å². The molecule has 1 N–H and O–H groups in total. The monoisotopic (exact) mass is 225 g/mol. The lowest BCUT2D eigenvalue weighted by Gasteiger charge is -2.33. The molecule has 1 fully saturated rings. The molecule has 0 amide bonds. The van der Waals surface area contributed by atoms with Crippen LogP contribution in [-0.4, -0.2) is 24.8 Å². The van der Waals surface area contributed by atoms with Gasteiger partial charge in [-0.2, -0.15) is 0 Å². The fraction of sp³-hybridized carbons (Fsp3) is 0.500. The number of anilines is 1. The highest BCUT2D eigenvalue weighted by Gasteiger charge is 2.19. The van der Waals surface area contributed by atoms with Crippen LogP contribution in [0.1, 0.15) is 12.8 Å². The summed E-state index contributed by atoms with van der Waals surface area (Å²) in [6.45, 7) is 2.33. The zero-order valence-corrected chi connectivity index (χ0v) is 9.45. The Labute approximate surface area is 95.5 Å². The first-order chi connectivity index (χ1) is 7.29. The number of halogens is 1. The molecule has 1 heterocycles. The smallest absolute Gasteiger partial charge is 0.0476 e. The lowest BCUT2D eigenvalue weighted by Crippen LogP contribution is -2.36. The minimum atomic E-state index is 0.296. The molecule has 0 unspecified atom stereocenters. The predicted molar refractivity (Wildman–Crippen MR) is 63.5 cm³/mol. The standard InChI is InChI=1S/C12H16ClNO/c13-11-3-5-12(6-4-11)14-7-1-2-10(8-14)9-15/h3-6,10,15H,1-2,7-9H2/t10-/m0/s1. The Morgan fingerprint density at radius 1 is 1.33 bits per heavy atom. The van der Waals surface area contributed by atoms with Gasteiger partial charge in [-0.25, -0.2) is 0 Å². The van der Waals surface area contributed by atoms with E-state index >= 15 is 0 Å². The SMILES string of the molecule is OC[C@H]1CCCN(c2ccc(Cl)cc2)C1. The third kappa shape index (κ3) is 2.64. The van der Waals surface area contributed by atoms with E-state index in [1.807, 2.05) is 24.3 Å². The Kier molecular flexibility index (Phi) is 3.49. The maximum atomic E-state index is 9.15. The first kappa shape index (κ1) is 10.8. The van der Waals surface area contributed by atoms with Crippen LogP contribution < -0.4 is 4.90 Å². The number of aliphatic hydroxyl groups excluding tert-OH is 1. The van der Waals surface area contributed by atoms with Crippen LogP contribution >= 0.6 is 11.6 Å². The normalized spacial score (nSPS) is 21.7.